The smallest absolute Gasteiger partial charge is 0.191 e. The van der Waals surface area contributed by atoms with Crippen molar-refractivity contribution in [1.29, 1.82) is 0 Å². The molecule has 2 fully saturated rings. The first-order valence-corrected chi connectivity index (χ1v) is 10.6. The van der Waals surface area contributed by atoms with Crippen molar-refractivity contribution in [2.45, 2.75) is 45.2 Å². The fraction of sp³-hybridized carbons (Fsp3) is 0.714. The number of nitrogens with zero attached hydrogens (tertiary/aromatic N) is 4. The van der Waals surface area contributed by atoms with Crippen molar-refractivity contribution in [3.8, 4) is 0 Å². The molecule has 0 spiro atoms. The topological polar surface area (TPSA) is 55.8 Å². The Bertz CT molecular complexity index is 574. The van der Waals surface area contributed by atoms with E-state index in [-0.39, 0.29) is 24.0 Å². The molecule has 0 aromatic carbocycles. The van der Waals surface area contributed by atoms with Crippen LogP contribution >= 0.6 is 24.0 Å². The van der Waals surface area contributed by atoms with Gasteiger partial charge in [-0.25, -0.2) is 0 Å². The normalized spacial score (nSPS) is 22.5. The second-order valence-corrected chi connectivity index (χ2v) is 8.01. The molecule has 1 aromatic heterocycles. The molecule has 3 rings (SSSR count). The highest BCUT2D eigenvalue weighted by Crippen LogP contribution is 2.16. The highest BCUT2D eigenvalue weighted by atomic mass is 127. The van der Waals surface area contributed by atoms with E-state index in [4.69, 9.17) is 4.99 Å². The lowest BCUT2D eigenvalue weighted by molar-refractivity contribution is 0.196. The Balaban J connectivity index is 0.00000280. The third-order valence-corrected chi connectivity index (χ3v) is 5.61. The van der Waals surface area contributed by atoms with Crippen LogP contribution in [0.3, 0.4) is 0 Å². The summed E-state index contributed by atoms with van der Waals surface area (Å²) in [6.07, 6.45) is 6.80. The number of hydrogen-bond acceptors (Lipinski definition) is 4. The Kier molecular flexibility index (Phi) is 10.5. The molecule has 0 amide bonds. The minimum atomic E-state index is 0. The molecule has 7 heteroatoms. The highest BCUT2D eigenvalue weighted by molar-refractivity contribution is 14.0. The number of aromatic nitrogens is 1. The summed E-state index contributed by atoms with van der Waals surface area (Å²) in [6, 6.07) is 6.67. The van der Waals surface area contributed by atoms with E-state index in [0.717, 1.165) is 57.2 Å². The van der Waals surface area contributed by atoms with Crippen molar-refractivity contribution >= 4 is 29.9 Å². The van der Waals surface area contributed by atoms with E-state index in [1.807, 2.05) is 12.3 Å². The Labute approximate surface area is 187 Å². The average molecular weight is 500 g/mol. The average Bonchev–Trinajstić information content (AvgIpc) is 2.69. The van der Waals surface area contributed by atoms with Crippen molar-refractivity contribution < 1.29 is 0 Å². The molecular formula is C21H37IN6. The molecular weight excluding hydrogens is 463 g/mol. The Hall–Kier alpha value is -0.930. The lowest BCUT2D eigenvalue weighted by Crippen LogP contribution is -2.48. The van der Waals surface area contributed by atoms with Crippen molar-refractivity contribution in [3.63, 3.8) is 0 Å². The van der Waals surface area contributed by atoms with E-state index in [2.05, 4.69) is 51.5 Å². The molecule has 2 aliphatic heterocycles. The molecule has 2 saturated heterocycles. The molecule has 3 heterocycles. The quantitative estimate of drug-likeness (QED) is 0.357. The summed E-state index contributed by atoms with van der Waals surface area (Å²) in [5.41, 5.74) is 1.16. The minimum absolute atomic E-state index is 0. The van der Waals surface area contributed by atoms with Crippen LogP contribution in [0.2, 0.25) is 0 Å². The first-order chi connectivity index (χ1) is 13.2. The van der Waals surface area contributed by atoms with E-state index < -0.39 is 0 Å². The number of pyridine rings is 1. The van der Waals surface area contributed by atoms with Crippen LogP contribution in [0.15, 0.2) is 29.4 Å². The summed E-state index contributed by atoms with van der Waals surface area (Å²) in [4.78, 5) is 14.3. The Morgan fingerprint density at radius 2 is 2.04 bits per heavy atom. The number of hydrogen-bond donors (Lipinski definition) is 2. The standard InChI is InChI=1S/C21H36N6.HI/c1-3-22-21(24-15-18-7-6-12-26(2)16-18)25-19-9-13-27(14-10-19)17-20-8-4-5-11-23-20;/h4-5,8,11,18-19H,3,6-7,9-10,12-17H2,1-2H3,(H2,22,24,25);1H. The molecule has 158 valence electrons. The zero-order valence-electron chi connectivity index (χ0n) is 17.4. The zero-order valence-corrected chi connectivity index (χ0v) is 19.8. The van der Waals surface area contributed by atoms with Gasteiger partial charge in [0.15, 0.2) is 5.96 Å². The predicted molar refractivity (Wildman–Crippen MR) is 127 cm³/mol. The molecule has 0 saturated carbocycles. The van der Waals surface area contributed by atoms with Crippen LogP contribution in [0.1, 0.15) is 38.3 Å². The van der Waals surface area contributed by atoms with Gasteiger partial charge in [0.1, 0.15) is 0 Å². The van der Waals surface area contributed by atoms with E-state index in [0.29, 0.717) is 12.0 Å². The van der Waals surface area contributed by atoms with Crippen LogP contribution in [-0.4, -0.2) is 73.1 Å². The van der Waals surface area contributed by atoms with Crippen molar-refractivity contribution in [2.75, 3.05) is 46.3 Å². The fourth-order valence-electron chi connectivity index (χ4n) is 4.11. The van der Waals surface area contributed by atoms with Crippen LogP contribution in [0, 0.1) is 5.92 Å². The van der Waals surface area contributed by atoms with Crippen LogP contribution in [0.4, 0.5) is 0 Å². The first-order valence-electron chi connectivity index (χ1n) is 10.6. The molecule has 0 radical (unpaired) electrons. The van der Waals surface area contributed by atoms with Crippen molar-refractivity contribution in [3.05, 3.63) is 30.1 Å². The summed E-state index contributed by atoms with van der Waals surface area (Å²) in [5.74, 6) is 1.69. The molecule has 1 atom stereocenters. The van der Waals surface area contributed by atoms with Gasteiger partial charge >= 0.3 is 0 Å². The molecule has 2 aliphatic rings. The minimum Gasteiger partial charge on any atom is -0.357 e. The van der Waals surface area contributed by atoms with Crippen molar-refractivity contribution in [2.24, 2.45) is 10.9 Å². The third-order valence-electron chi connectivity index (χ3n) is 5.61. The summed E-state index contributed by atoms with van der Waals surface area (Å²) in [5, 5.41) is 7.11. The second kappa shape index (κ2) is 12.6. The molecule has 28 heavy (non-hydrogen) atoms. The van der Waals surface area contributed by atoms with E-state index >= 15 is 0 Å². The van der Waals surface area contributed by atoms with E-state index in [1.165, 1.54) is 25.9 Å². The van der Waals surface area contributed by atoms with Gasteiger partial charge in [-0.05, 0) is 64.3 Å². The molecule has 2 N–H and O–H groups in total. The van der Waals surface area contributed by atoms with Gasteiger partial charge in [-0.1, -0.05) is 6.07 Å². The lowest BCUT2D eigenvalue weighted by Gasteiger charge is -2.33. The Morgan fingerprint density at radius 3 is 2.71 bits per heavy atom. The largest absolute Gasteiger partial charge is 0.357 e. The van der Waals surface area contributed by atoms with Gasteiger partial charge in [0.05, 0.1) is 5.69 Å². The number of likely N-dealkylation sites (tertiary alicyclic amines) is 2. The maximum Gasteiger partial charge on any atom is 0.191 e. The van der Waals surface area contributed by atoms with E-state index in [1.54, 1.807) is 0 Å². The number of nitrogens with one attached hydrogen (secondary N) is 2. The number of guanidine groups is 1. The van der Waals surface area contributed by atoms with Gasteiger partial charge < -0.3 is 15.5 Å². The van der Waals surface area contributed by atoms with Gasteiger partial charge in [-0.15, -0.1) is 24.0 Å². The first kappa shape index (κ1) is 23.3. The van der Waals surface area contributed by atoms with Gasteiger partial charge in [-0.2, -0.15) is 0 Å². The molecule has 0 aliphatic carbocycles. The Morgan fingerprint density at radius 1 is 1.21 bits per heavy atom. The van der Waals surface area contributed by atoms with Gasteiger partial charge in [0, 0.05) is 51.5 Å². The van der Waals surface area contributed by atoms with Crippen LogP contribution in [0.25, 0.3) is 0 Å². The number of halogens is 1. The molecule has 1 aromatic rings. The molecule has 6 nitrogen and oxygen atoms in total. The number of piperidine rings is 2. The van der Waals surface area contributed by atoms with Gasteiger partial charge in [-0.3, -0.25) is 14.9 Å². The maximum absolute atomic E-state index is 4.90. The van der Waals surface area contributed by atoms with Crippen molar-refractivity contribution in [1.82, 2.24) is 25.4 Å². The van der Waals surface area contributed by atoms with Gasteiger partial charge in [0.25, 0.3) is 0 Å². The fourth-order valence-corrected chi connectivity index (χ4v) is 4.11. The number of rotatable bonds is 6. The lowest BCUT2D eigenvalue weighted by atomic mass is 9.99. The van der Waals surface area contributed by atoms with Crippen LogP contribution in [0.5, 0.6) is 0 Å². The highest BCUT2D eigenvalue weighted by Gasteiger charge is 2.21. The van der Waals surface area contributed by atoms with Gasteiger partial charge in [0.2, 0.25) is 0 Å². The predicted octanol–water partition coefficient (Wildman–Crippen LogP) is 2.56. The van der Waals surface area contributed by atoms with Crippen LogP contribution < -0.4 is 10.6 Å². The van der Waals surface area contributed by atoms with Crippen LogP contribution in [-0.2, 0) is 6.54 Å². The van der Waals surface area contributed by atoms with E-state index in [9.17, 15) is 0 Å². The maximum atomic E-state index is 4.90. The number of aliphatic imine (C=N–C) groups is 1. The summed E-state index contributed by atoms with van der Waals surface area (Å²) >= 11 is 0. The molecule has 1 unspecified atom stereocenters. The SMILES string of the molecule is CCNC(=NCC1CCCN(C)C1)NC1CCN(Cc2ccccn2)CC1.I. The summed E-state index contributed by atoms with van der Waals surface area (Å²) < 4.78 is 0. The summed E-state index contributed by atoms with van der Waals surface area (Å²) in [7, 11) is 2.22. The zero-order chi connectivity index (χ0) is 18.9. The summed E-state index contributed by atoms with van der Waals surface area (Å²) in [6.45, 7) is 9.57. The third kappa shape index (κ3) is 7.83. The molecule has 0 bridgehead atoms. The monoisotopic (exact) mass is 500 g/mol. The second-order valence-electron chi connectivity index (χ2n) is 8.01.